The highest BCUT2D eigenvalue weighted by Crippen LogP contribution is 1.89. The first-order chi connectivity index (χ1) is 5.41. The Morgan fingerprint density at radius 3 is 1.73 bits per heavy atom. The molecule has 0 aliphatic carbocycles. The van der Waals surface area contributed by atoms with Gasteiger partial charge in [-0.25, -0.2) is 0 Å². The molecule has 0 heteroatoms. The van der Waals surface area contributed by atoms with Crippen LogP contribution in [0.4, 0.5) is 0 Å². The highest BCUT2D eigenvalue weighted by molar-refractivity contribution is 4.94. The largest absolute Gasteiger partial charge is 0.107 e. The van der Waals surface area contributed by atoms with Gasteiger partial charge in [0.05, 0.1) is 0 Å². The molecule has 0 nitrogen and oxygen atoms in total. The summed E-state index contributed by atoms with van der Waals surface area (Å²) in [6, 6.07) is 0. The summed E-state index contributed by atoms with van der Waals surface area (Å²) in [6.45, 7) is 12.1. The number of unbranched alkanes of at least 4 members (excludes halogenated alkanes) is 2. The van der Waals surface area contributed by atoms with E-state index < -0.39 is 0 Å². The predicted molar refractivity (Wildman–Crippen MR) is 55.7 cm³/mol. The van der Waals surface area contributed by atoms with Crippen LogP contribution in [0.25, 0.3) is 0 Å². The predicted octanol–water partition coefficient (Wildman–Crippen LogP) is 4.25. The van der Waals surface area contributed by atoms with Crippen molar-refractivity contribution in [2.24, 2.45) is 0 Å². The molecule has 68 valence electrons. The lowest BCUT2D eigenvalue weighted by atomic mass is 10.3. The van der Waals surface area contributed by atoms with Gasteiger partial charge in [0, 0.05) is 6.42 Å². The molecular weight excluding hydrogens is 132 g/mol. The Morgan fingerprint density at radius 2 is 1.45 bits per heavy atom. The molecule has 0 spiro atoms. The summed E-state index contributed by atoms with van der Waals surface area (Å²) in [7, 11) is 0. The average Bonchev–Trinajstić information content (AvgIpc) is 2.13. The molecule has 0 aliphatic heterocycles. The van der Waals surface area contributed by atoms with Gasteiger partial charge >= 0.3 is 0 Å². The van der Waals surface area contributed by atoms with Crippen molar-refractivity contribution in [3.05, 3.63) is 0 Å². The first-order valence-electron chi connectivity index (χ1n) is 4.81. The highest BCUT2D eigenvalue weighted by Gasteiger charge is 1.72. The van der Waals surface area contributed by atoms with Gasteiger partial charge in [-0.2, -0.15) is 0 Å². The maximum atomic E-state index is 3.00. The molecular formula is C11H24. The minimum Gasteiger partial charge on any atom is -0.107 e. The van der Waals surface area contributed by atoms with Crippen molar-refractivity contribution in [2.45, 2.75) is 60.8 Å². The summed E-state index contributed by atoms with van der Waals surface area (Å²) in [4.78, 5) is 0. The van der Waals surface area contributed by atoms with Crippen molar-refractivity contribution in [1.82, 2.24) is 0 Å². The molecule has 0 fully saturated rings. The zero-order valence-electron chi connectivity index (χ0n) is 9.12. The number of rotatable bonds is 2. The minimum absolute atomic E-state index is 1.08. The summed E-state index contributed by atoms with van der Waals surface area (Å²) < 4.78 is 0. The van der Waals surface area contributed by atoms with Crippen LogP contribution in [0.2, 0.25) is 0 Å². The van der Waals surface area contributed by atoms with Gasteiger partial charge in [0.25, 0.3) is 0 Å². The summed E-state index contributed by atoms with van der Waals surface area (Å²) in [5, 5.41) is 0. The van der Waals surface area contributed by atoms with Crippen molar-refractivity contribution in [2.75, 3.05) is 0 Å². The number of hydrogen-bond acceptors (Lipinski definition) is 0. The van der Waals surface area contributed by atoms with E-state index in [0.29, 0.717) is 0 Å². The van der Waals surface area contributed by atoms with Crippen LogP contribution in [0.3, 0.4) is 0 Å². The van der Waals surface area contributed by atoms with Gasteiger partial charge < -0.3 is 0 Å². The van der Waals surface area contributed by atoms with Gasteiger partial charge in [0.1, 0.15) is 0 Å². The fourth-order valence-corrected chi connectivity index (χ4v) is 0.390. The molecule has 0 heterocycles. The third-order valence-corrected chi connectivity index (χ3v) is 0.832. The van der Waals surface area contributed by atoms with Gasteiger partial charge in [0.15, 0.2) is 0 Å². The molecule has 0 aliphatic rings. The van der Waals surface area contributed by atoms with E-state index in [1.54, 1.807) is 0 Å². The Bertz CT molecular complexity index is 71.8. The van der Waals surface area contributed by atoms with Crippen LogP contribution < -0.4 is 0 Å². The summed E-state index contributed by atoms with van der Waals surface area (Å²) in [5.74, 6) is 5.85. The smallest absolute Gasteiger partial charge is 0.00884 e. The fraction of sp³-hybridized carbons (Fsp3) is 0.818. The second kappa shape index (κ2) is 33.7. The standard InChI is InChI=1S/C7H12.2C2H6/c1-3-5-7-6-4-2;2*1-2/h3,5,7H2,1-2H3;2*1-2H3. The van der Waals surface area contributed by atoms with Crippen molar-refractivity contribution in [1.29, 1.82) is 0 Å². The lowest BCUT2D eigenvalue weighted by Gasteiger charge is -1.80. The Labute approximate surface area is 73.4 Å². The maximum absolute atomic E-state index is 3.00. The van der Waals surface area contributed by atoms with Crippen molar-refractivity contribution in [3.8, 4) is 11.8 Å². The maximum Gasteiger partial charge on any atom is 0.00884 e. The molecule has 0 saturated carbocycles. The van der Waals surface area contributed by atoms with Gasteiger partial charge in [-0.1, -0.05) is 41.0 Å². The zero-order chi connectivity index (χ0) is 9.54. The van der Waals surface area contributed by atoms with Crippen LogP contribution in [-0.2, 0) is 0 Å². The third kappa shape index (κ3) is 43.1. The van der Waals surface area contributed by atoms with Crippen LogP contribution in [0, 0.1) is 11.8 Å². The second-order valence-corrected chi connectivity index (χ2v) is 1.53. The topological polar surface area (TPSA) is 0 Å². The first kappa shape index (κ1) is 16.9. The van der Waals surface area contributed by atoms with E-state index in [4.69, 9.17) is 0 Å². The third-order valence-electron chi connectivity index (χ3n) is 0.832. The van der Waals surface area contributed by atoms with E-state index in [0.717, 1.165) is 6.42 Å². The molecule has 0 radical (unpaired) electrons. The van der Waals surface area contributed by atoms with E-state index in [1.165, 1.54) is 12.8 Å². The Kier molecular flexibility index (Phi) is 51.7. The van der Waals surface area contributed by atoms with Crippen molar-refractivity contribution in [3.63, 3.8) is 0 Å². The van der Waals surface area contributed by atoms with Crippen molar-refractivity contribution >= 4 is 0 Å². The van der Waals surface area contributed by atoms with Gasteiger partial charge in [0.2, 0.25) is 0 Å². The summed E-state index contributed by atoms with van der Waals surface area (Å²) in [5.41, 5.74) is 0. The van der Waals surface area contributed by atoms with Gasteiger partial charge in [-0.05, 0) is 13.3 Å². The molecule has 0 unspecified atom stereocenters. The monoisotopic (exact) mass is 156 g/mol. The minimum atomic E-state index is 1.08. The molecule has 0 atom stereocenters. The normalized spacial score (nSPS) is 5.64. The lowest BCUT2D eigenvalue weighted by Crippen LogP contribution is -1.64. The van der Waals surface area contributed by atoms with Crippen LogP contribution in [0.1, 0.15) is 60.8 Å². The zero-order valence-corrected chi connectivity index (χ0v) is 9.12. The second-order valence-electron chi connectivity index (χ2n) is 1.53. The molecule has 0 aromatic carbocycles. The van der Waals surface area contributed by atoms with E-state index >= 15 is 0 Å². The molecule has 0 rings (SSSR count). The van der Waals surface area contributed by atoms with E-state index in [2.05, 4.69) is 18.8 Å². The molecule has 0 saturated heterocycles. The van der Waals surface area contributed by atoms with E-state index in [9.17, 15) is 0 Å². The molecule has 11 heavy (non-hydrogen) atoms. The Hall–Kier alpha value is -0.440. The van der Waals surface area contributed by atoms with Crippen molar-refractivity contribution < 1.29 is 0 Å². The number of hydrogen-bond donors (Lipinski definition) is 0. The van der Waals surface area contributed by atoms with Gasteiger partial charge in [-0.3, -0.25) is 0 Å². The molecule has 0 aromatic rings. The SMILES string of the molecule is CC.CC.CC#CCCCC. The molecule has 0 amide bonds. The van der Waals surface area contributed by atoms with E-state index in [-0.39, 0.29) is 0 Å². The van der Waals surface area contributed by atoms with Crippen LogP contribution in [-0.4, -0.2) is 0 Å². The van der Waals surface area contributed by atoms with E-state index in [1.807, 2.05) is 34.6 Å². The highest BCUT2D eigenvalue weighted by atomic mass is 13.8. The molecule has 0 N–H and O–H groups in total. The lowest BCUT2D eigenvalue weighted by molar-refractivity contribution is 0.828. The van der Waals surface area contributed by atoms with Gasteiger partial charge in [-0.15, -0.1) is 11.8 Å². The Balaban J connectivity index is -0.000000138. The summed E-state index contributed by atoms with van der Waals surface area (Å²) >= 11 is 0. The first-order valence-corrected chi connectivity index (χ1v) is 4.81. The average molecular weight is 156 g/mol. The molecule has 0 aromatic heterocycles. The summed E-state index contributed by atoms with van der Waals surface area (Å²) in [6.07, 6.45) is 3.59. The fourth-order valence-electron chi connectivity index (χ4n) is 0.390. The quantitative estimate of drug-likeness (QED) is 0.414. The van der Waals surface area contributed by atoms with Crippen LogP contribution in [0.15, 0.2) is 0 Å². The molecule has 0 bridgehead atoms. The Morgan fingerprint density at radius 1 is 1.00 bits per heavy atom. The van der Waals surface area contributed by atoms with Crippen LogP contribution >= 0.6 is 0 Å². The van der Waals surface area contributed by atoms with Crippen LogP contribution in [0.5, 0.6) is 0 Å².